The van der Waals surface area contributed by atoms with Crippen molar-refractivity contribution in [2.24, 2.45) is 0 Å². The molecule has 0 atom stereocenters. The van der Waals surface area contributed by atoms with Crippen LogP contribution in [0.15, 0.2) is 12.1 Å². The van der Waals surface area contributed by atoms with Gasteiger partial charge in [-0.05, 0) is 25.0 Å². The number of carbonyl (C=O) groups excluding carboxylic acids is 2. The average molecular weight is 385 g/mol. The molecule has 1 N–H and O–H groups in total. The fourth-order valence-corrected chi connectivity index (χ4v) is 4.21. The average Bonchev–Trinajstić information content (AvgIpc) is 2.87. The first-order chi connectivity index (χ1) is 12.4. The lowest BCUT2D eigenvalue weighted by molar-refractivity contribution is -0.126. The maximum absolute atomic E-state index is 14.4. The van der Waals surface area contributed by atoms with Crippen molar-refractivity contribution in [3.63, 3.8) is 0 Å². The number of nitrogens with zero attached hydrogens (tertiary/aromatic N) is 1. The highest BCUT2D eigenvalue weighted by Gasteiger charge is 2.67. The number of alkyl carbamates (subject to hydrolysis) is 1. The van der Waals surface area contributed by atoms with E-state index in [-0.39, 0.29) is 29.4 Å². The van der Waals surface area contributed by atoms with Crippen molar-refractivity contribution < 1.29 is 28.2 Å². The standard InChI is InChI=1S/C17H18ClFN2O5/c1-24-11-3-2-10(18)13(19)12(11)14(22)21-8-17(9-21)16(20-15(23)26-17)4-6-25-7-5-16/h2-3H,4-9H2,1H3,(H,20,23). The number of rotatable bonds is 2. The van der Waals surface area contributed by atoms with Crippen molar-refractivity contribution in [1.29, 1.82) is 0 Å². The van der Waals surface area contributed by atoms with Crippen molar-refractivity contribution >= 4 is 23.6 Å². The Kier molecular flexibility index (Phi) is 4.00. The molecular formula is C17H18ClFN2O5. The van der Waals surface area contributed by atoms with Crippen LogP contribution in [-0.2, 0) is 9.47 Å². The molecule has 140 valence electrons. The number of ether oxygens (including phenoxy) is 3. The Morgan fingerprint density at radius 1 is 1.35 bits per heavy atom. The van der Waals surface area contributed by atoms with Gasteiger partial charge in [-0.1, -0.05) is 11.6 Å². The van der Waals surface area contributed by atoms with Gasteiger partial charge in [0.2, 0.25) is 0 Å². The fourth-order valence-electron chi connectivity index (χ4n) is 4.05. The molecule has 1 aromatic rings. The first-order valence-corrected chi connectivity index (χ1v) is 8.69. The Morgan fingerprint density at radius 3 is 2.69 bits per heavy atom. The number of methoxy groups -OCH3 is 1. The van der Waals surface area contributed by atoms with E-state index in [0.717, 1.165) is 0 Å². The molecule has 9 heteroatoms. The Hall–Kier alpha value is -2.06. The molecule has 3 heterocycles. The van der Waals surface area contributed by atoms with Crippen LogP contribution in [0.3, 0.4) is 0 Å². The number of hydrogen-bond acceptors (Lipinski definition) is 5. The van der Waals surface area contributed by atoms with Gasteiger partial charge >= 0.3 is 6.09 Å². The SMILES string of the molecule is COc1ccc(Cl)c(F)c1C(=O)N1CC2(C1)OC(=O)NC21CCOCC1. The zero-order valence-corrected chi connectivity index (χ0v) is 14.9. The quantitative estimate of drug-likeness (QED) is 0.843. The van der Waals surface area contributed by atoms with Crippen LogP contribution in [0.25, 0.3) is 0 Å². The Labute approximate surface area is 154 Å². The van der Waals surface area contributed by atoms with E-state index in [9.17, 15) is 14.0 Å². The van der Waals surface area contributed by atoms with Crippen LogP contribution in [0.4, 0.5) is 9.18 Å². The Bertz CT molecular complexity index is 775. The highest BCUT2D eigenvalue weighted by Crippen LogP contribution is 2.46. The highest BCUT2D eigenvalue weighted by molar-refractivity contribution is 6.31. The maximum atomic E-state index is 14.4. The summed E-state index contributed by atoms with van der Waals surface area (Å²) in [5.74, 6) is -1.25. The number of likely N-dealkylation sites (tertiary alicyclic amines) is 1. The van der Waals surface area contributed by atoms with Crippen LogP contribution >= 0.6 is 11.6 Å². The molecule has 3 aliphatic heterocycles. The van der Waals surface area contributed by atoms with Gasteiger partial charge in [0.05, 0.1) is 30.8 Å². The molecule has 2 amide bonds. The summed E-state index contributed by atoms with van der Waals surface area (Å²) < 4.78 is 30.5. The third kappa shape index (κ3) is 2.35. The normalized spacial score (nSPS) is 22.7. The van der Waals surface area contributed by atoms with Gasteiger partial charge in [0.15, 0.2) is 11.4 Å². The van der Waals surface area contributed by atoms with E-state index in [1.54, 1.807) is 0 Å². The lowest BCUT2D eigenvalue weighted by atomic mass is 9.70. The summed E-state index contributed by atoms with van der Waals surface area (Å²) in [6, 6.07) is 2.79. The van der Waals surface area contributed by atoms with E-state index < -0.39 is 29.0 Å². The number of nitrogens with one attached hydrogen (secondary N) is 1. The van der Waals surface area contributed by atoms with Crippen LogP contribution in [-0.4, -0.2) is 61.5 Å². The second kappa shape index (κ2) is 5.99. The monoisotopic (exact) mass is 384 g/mol. The highest BCUT2D eigenvalue weighted by atomic mass is 35.5. The topological polar surface area (TPSA) is 77.1 Å². The van der Waals surface area contributed by atoms with E-state index >= 15 is 0 Å². The number of fused-ring (bicyclic) bond motifs is 1. The molecule has 0 aromatic heterocycles. The van der Waals surface area contributed by atoms with Crippen LogP contribution in [0.1, 0.15) is 23.2 Å². The largest absolute Gasteiger partial charge is 0.496 e. The van der Waals surface area contributed by atoms with Crippen molar-refractivity contribution in [3.05, 3.63) is 28.5 Å². The molecule has 3 aliphatic rings. The molecule has 3 saturated heterocycles. The van der Waals surface area contributed by atoms with Gasteiger partial charge in [0.25, 0.3) is 5.91 Å². The minimum absolute atomic E-state index is 0.111. The number of benzene rings is 1. The maximum Gasteiger partial charge on any atom is 0.408 e. The molecule has 0 aliphatic carbocycles. The zero-order chi connectivity index (χ0) is 18.5. The minimum Gasteiger partial charge on any atom is -0.496 e. The van der Waals surface area contributed by atoms with Gasteiger partial charge in [-0.2, -0.15) is 0 Å². The van der Waals surface area contributed by atoms with Gasteiger partial charge in [-0.25, -0.2) is 9.18 Å². The molecule has 0 radical (unpaired) electrons. The second-order valence-corrected chi connectivity index (χ2v) is 7.21. The van der Waals surface area contributed by atoms with E-state index in [0.29, 0.717) is 26.1 Å². The van der Waals surface area contributed by atoms with Crippen LogP contribution in [0, 0.1) is 5.82 Å². The molecular weight excluding hydrogens is 367 g/mol. The van der Waals surface area contributed by atoms with Gasteiger partial charge in [-0.15, -0.1) is 0 Å². The summed E-state index contributed by atoms with van der Waals surface area (Å²) in [6.07, 6.45) is 0.719. The van der Waals surface area contributed by atoms with Crippen molar-refractivity contribution in [2.45, 2.75) is 24.0 Å². The molecule has 0 unspecified atom stereocenters. The number of halogens is 2. The van der Waals surface area contributed by atoms with Crippen LogP contribution in [0.2, 0.25) is 5.02 Å². The Balaban J connectivity index is 1.59. The first-order valence-electron chi connectivity index (χ1n) is 8.32. The van der Waals surface area contributed by atoms with E-state index in [1.165, 1.54) is 24.1 Å². The molecule has 3 fully saturated rings. The van der Waals surface area contributed by atoms with Gasteiger partial charge in [0, 0.05) is 13.2 Å². The predicted molar refractivity (Wildman–Crippen MR) is 89.0 cm³/mol. The van der Waals surface area contributed by atoms with Crippen molar-refractivity contribution in [3.8, 4) is 5.75 Å². The molecule has 1 aromatic carbocycles. The summed E-state index contributed by atoms with van der Waals surface area (Å²) in [5.41, 5.74) is -1.59. The summed E-state index contributed by atoms with van der Waals surface area (Å²) in [6.45, 7) is 1.38. The minimum atomic E-state index is -0.820. The number of hydrogen-bond donors (Lipinski definition) is 1. The van der Waals surface area contributed by atoms with Gasteiger partial charge in [-0.3, -0.25) is 4.79 Å². The van der Waals surface area contributed by atoms with E-state index in [4.69, 9.17) is 25.8 Å². The van der Waals surface area contributed by atoms with Crippen molar-refractivity contribution in [1.82, 2.24) is 10.2 Å². The van der Waals surface area contributed by atoms with Gasteiger partial charge < -0.3 is 24.4 Å². The third-order valence-corrected chi connectivity index (χ3v) is 5.81. The summed E-state index contributed by atoms with van der Waals surface area (Å²) in [4.78, 5) is 26.2. The molecule has 7 nitrogen and oxygen atoms in total. The lowest BCUT2D eigenvalue weighted by Crippen LogP contribution is -2.75. The summed E-state index contributed by atoms with van der Waals surface area (Å²) in [7, 11) is 1.36. The van der Waals surface area contributed by atoms with Gasteiger partial charge in [0.1, 0.15) is 11.3 Å². The summed E-state index contributed by atoms with van der Waals surface area (Å²) in [5, 5.41) is 2.75. The third-order valence-electron chi connectivity index (χ3n) is 5.52. The molecule has 26 heavy (non-hydrogen) atoms. The Morgan fingerprint density at radius 2 is 2.04 bits per heavy atom. The predicted octanol–water partition coefficient (Wildman–Crippen LogP) is 1.97. The smallest absolute Gasteiger partial charge is 0.408 e. The van der Waals surface area contributed by atoms with Crippen LogP contribution < -0.4 is 10.1 Å². The summed E-state index contributed by atoms with van der Waals surface area (Å²) >= 11 is 5.81. The number of carbonyl (C=O) groups is 2. The molecule has 0 saturated carbocycles. The van der Waals surface area contributed by atoms with E-state index in [2.05, 4.69) is 5.32 Å². The van der Waals surface area contributed by atoms with Crippen LogP contribution in [0.5, 0.6) is 5.75 Å². The molecule has 0 bridgehead atoms. The first kappa shape index (κ1) is 17.4. The molecule has 4 rings (SSSR count). The van der Waals surface area contributed by atoms with E-state index in [1.807, 2.05) is 0 Å². The zero-order valence-electron chi connectivity index (χ0n) is 14.1. The lowest BCUT2D eigenvalue weighted by Gasteiger charge is -2.54. The second-order valence-electron chi connectivity index (χ2n) is 6.80. The fraction of sp³-hybridized carbons (Fsp3) is 0.529. The molecule has 2 spiro atoms. The van der Waals surface area contributed by atoms with Crippen molar-refractivity contribution in [2.75, 3.05) is 33.4 Å². The number of amides is 2.